The Morgan fingerprint density at radius 3 is 2.59 bits per heavy atom. The topological polar surface area (TPSA) is 123 Å². The molecule has 0 unspecified atom stereocenters. The number of morpholine rings is 1. The van der Waals surface area contributed by atoms with Crippen LogP contribution in [0.1, 0.15) is 82.4 Å². The van der Waals surface area contributed by atoms with Crippen LogP contribution in [0.2, 0.25) is 0 Å². The molecular formula is C40H54FN7O6. The van der Waals surface area contributed by atoms with Gasteiger partial charge in [0.2, 0.25) is 0 Å². The van der Waals surface area contributed by atoms with Crippen LogP contribution in [0.5, 0.6) is 17.2 Å². The first-order valence-corrected chi connectivity index (χ1v) is 19.2. The number of hydrogen-bond donors (Lipinski definition) is 0. The predicted molar refractivity (Wildman–Crippen MR) is 202 cm³/mol. The number of ether oxygens (including phenoxy) is 4. The van der Waals surface area contributed by atoms with Gasteiger partial charge in [-0.25, -0.2) is 19.2 Å². The molecule has 5 heterocycles. The Morgan fingerprint density at radius 1 is 1.06 bits per heavy atom. The van der Waals surface area contributed by atoms with Crippen LogP contribution in [0.25, 0.3) is 0 Å². The van der Waals surface area contributed by atoms with Crippen molar-refractivity contribution in [3.63, 3.8) is 0 Å². The molecule has 6 rings (SSSR count). The highest BCUT2D eigenvalue weighted by atomic mass is 19.1. The maximum Gasteiger partial charge on any atom is 0.410 e. The van der Waals surface area contributed by atoms with Crippen molar-refractivity contribution in [3.8, 4) is 17.2 Å². The van der Waals surface area contributed by atoms with Crippen LogP contribution in [0.15, 0.2) is 43.0 Å². The van der Waals surface area contributed by atoms with Crippen LogP contribution >= 0.6 is 0 Å². The summed E-state index contributed by atoms with van der Waals surface area (Å²) < 4.78 is 38.8. The third-order valence-corrected chi connectivity index (χ3v) is 10.1. The fourth-order valence-corrected chi connectivity index (χ4v) is 7.31. The zero-order valence-corrected chi connectivity index (χ0v) is 32.4. The van der Waals surface area contributed by atoms with E-state index >= 15 is 0 Å². The second-order valence-electron chi connectivity index (χ2n) is 15.4. The molecule has 1 aromatic carbocycles. The SMILES string of the molecule is CCN(C(=O)c1cc(F)ccc1Oc1cncnc1N1CCC(Oc2ccnc3c2CN(CC[C@@H]2COCCN2C(=O)OC(C)(C)C)CC3)CC1)C(C)C. The van der Waals surface area contributed by atoms with Gasteiger partial charge in [0.15, 0.2) is 11.6 Å². The Labute approximate surface area is 317 Å². The van der Waals surface area contributed by atoms with E-state index in [-0.39, 0.29) is 41.5 Å². The van der Waals surface area contributed by atoms with Gasteiger partial charge in [-0.2, -0.15) is 0 Å². The first-order valence-electron chi connectivity index (χ1n) is 19.2. The molecule has 54 heavy (non-hydrogen) atoms. The largest absolute Gasteiger partial charge is 0.490 e. The molecule has 292 valence electrons. The summed E-state index contributed by atoms with van der Waals surface area (Å²) in [6.07, 6.45) is 7.72. The summed E-state index contributed by atoms with van der Waals surface area (Å²) in [7, 11) is 0. The number of halogens is 1. The molecule has 0 spiro atoms. The van der Waals surface area contributed by atoms with Crippen molar-refractivity contribution in [1.82, 2.24) is 29.7 Å². The summed E-state index contributed by atoms with van der Waals surface area (Å²) in [4.78, 5) is 47.8. The summed E-state index contributed by atoms with van der Waals surface area (Å²) >= 11 is 0. The molecule has 0 aliphatic carbocycles. The fraction of sp³-hybridized carbons (Fsp3) is 0.575. The molecule has 3 aliphatic heterocycles. The molecule has 2 aromatic heterocycles. The van der Waals surface area contributed by atoms with E-state index in [0.29, 0.717) is 51.0 Å². The van der Waals surface area contributed by atoms with Gasteiger partial charge in [0.05, 0.1) is 31.0 Å². The van der Waals surface area contributed by atoms with E-state index < -0.39 is 11.4 Å². The summed E-state index contributed by atoms with van der Waals surface area (Å²) in [5.74, 6) is 1.29. The normalized spacial score (nSPS) is 18.3. The number of carbonyl (C=O) groups excluding carboxylic acids is 2. The number of hydrogen-bond acceptors (Lipinski definition) is 11. The zero-order valence-electron chi connectivity index (χ0n) is 32.4. The molecule has 2 saturated heterocycles. The maximum absolute atomic E-state index is 14.4. The Balaban J connectivity index is 1.07. The average Bonchev–Trinajstić information content (AvgIpc) is 3.15. The standard InChI is InChI=1S/C40H54FN7O6/c1-7-47(27(2)3)38(49)31-22-28(41)8-9-34(31)53-36-23-42-26-44-37(36)46-18-12-30(13-19-46)52-35-10-15-43-33-14-17-45(24-32(33)35)16-11-29-25-51-21-20-48(29)39(50)54-40(4,5)6/h8-10,15,22-23,26-27,29-30H,7,11-14,16-21,24-25H2,1-6H3/t29-/m1/s1. The molecule has 14 heteroatoms. The number of rotatable bonds is 11. The third-order valence-electron chi connectivity index (χ3n) is 10.1. The number of piperidine rings is 1. The number of aromatic nitrogens is 3. The van der Waals surface area contributed by atoms with Crippen LogP contribution < -0.4 is 14.4 Å². The van der Waals surface area contributed by atoms with Crippen LogP contribution in [0.3, 0.4) is 0 Å². The fourth-order valence-electron chi connectivity index (χ4n) is 7.31. The van der Waals surface area contributed by atoms with E-state index in [2.05, 4.69) is 19.8 Å². The number of benzene rings is 1. The van der Waals surface area contributed by atoms with Crippen molar-refractivity contribution in [2.24, 2.45) is 0 Å². The highest BCUT2D eigenvalue weighted by Crippen LogP contribution is 2.35. The summed E-state index contributed by atoms with van der Waals surface area (Å²) in [5.41, 5.74) is 1.78. The van der Waals surface area contributed by atoms with Gasteiger partial charge >= 0.3 is 6.09 Å². The van der Waals surface area contributed by atoms with Gasteiger partial charge in [-0.1, -0.05) is 0 Å². The lowest BCUT2D eigenvalue weighted by Gasteiger charge is -2.38. The molecule has 13 nitrogen and oxygen atoms in total. The van der Waals surface area contributed by atoms with Crippen LogP contribution in [0.4, 0.5) is 15.0 Å². The lowest BCUT2D eigenvalue weighted by Crippen LogP contribution is -2.51. The molecule has 3 aromatic rings. The highest BCUT2D eigenvalue weighted by Gasteiger charge is 2.33. The minimum absolute atomic E-state index is 0.00603. The molecule has 0 bridgehead atoms. The lowest BCUT2D eigenvalue weighted by atomic mass is 10.0. The van der Waals surface area contributed by atoms with Crippen LogP contribution in [0, 0.1) is 5.82 Å². The van der Waals surface area contributed by atoms with Crippen LogP contribution in [-0.4, -0.2) is 118 Å². The van der Waals surface area contributed by atoms with Crippen molar-refractivity contribution < 1.29 is 32.9 Å². The zero-order chi connectivity index (χ0) is 38.4. The lowest BCUT2D eigenvalue weighted by molar-refractivity contribution is -0.0358. The van der Waals surface area contributed by atoms with Crippen molar-refractivity contribution >= 4 is 17.8 Å². The van der Waals surface area contributed by atoms with Gasteiger partial charge in [0.1, 0.15) is 35.3 Å². The number of amides is 2. The molecule has 0 N–H and O–H groups in total. The van der Waals surface area contributed by atoms with E-state index in [1.807, 2.05) is 58.7 Å². The first-order chi connectivity index (χ1) is 25.9. The average molecular weight is 748 g/mol. The summed E-state index contributed by atoms with van der Waals surface area (Å²) in [6, 6.07) is 5.85. The number of carbonyl (C=O) groups is 2. The van der Waals surface area contributed by atoms with Crippen molar-refractivity contribution in [1.29, 1.82) is 0 Å². The molecule has 2 fully saturated rings. The molecular weight excluding hydrogens is 693 g/mol. The molecule has 1 atom stereocenters. The molecule has 0 saturated carbocycles. The Hall–Kier alpha value is -4.56. The number of pyridine rings is 1. The van der Waals surface area contributed by atoms with Gasteiger partial charge in [-0.3, -0.25) is 14.7 Å². The van der Waals surface area contributed by atoms with E-state index in [1.165, 1.54) is 24.5 Å². The van der Waals surface area contributed by atoms with Gasteiger partial charge in [0.25, 0.3) is 5.91 Å². The van der Waals surface area contributed by atoms with E-state index in [0.717, 1.165) is 62.3 Å². The Bertz CT molecular complexity index is 1760. The maximum atomic E-state index is 14.4. The number of anilines is 1. The molecule has 3 aliphatic rings. The monoisotopic (exact) mass is 747 g/mol. The number of nitrogens with zero attached hydrogens (tertiary/aromatic N) is 7. The Morgan fingerprint density at radius 2 is 1.85 bits per heavy atom. The van der Waals surface area contributed by atoms with E-state index in [1.54, 1.807) is 11.1 Å². The Kier molecular flexibility index (Phi) is 12.5. The summed E-state index contributed by atoms with van der Waals surface area (Å²) in [5, 5.41) is 0. The predicted octanol–water partition coefficient (Wildman–Crippen LogP) is 6.11. The second kappa shape index (κ2) is 17.3. The van der Waals surface area contributed by atoms with E-state index in [4.69, 9.17) is 23.9 Å². The second-order valence-corrected chi connectivity index (χ2v) is 15.4. The minimum atomic E-state index is -0.549. The van der Waals surface area contributed by atoms with Crippen molar-refractivity contribution in [2.45, 2.75) is 97.6 Å². The van der Waals surface area contributed by atoms with Crippen molar-refractivity contribution in [3.05, 3.63) is 65.6 Å². The minimum Gasteiger partial charge on any atom is -0.490 e. The molecule has 0 radical (unpaired) electrons. The molecule has 2 amide bonds. The van der Waals surface area contributed by atoms with Gasteiger partial charge < -0.3 is 33.6 Å². The van der Waals surface area contributed by atoms with Crippen LogP contribution in [-0.2, 0) is 22.4 Å². The van der Waals surface area contributed by atoms with Crippen molar-refractivity contribution in [2.75, 3.05) is 57.4 Å². The first kappa shape index (κ1) is 39.1. The summed E-state index contributed by atoms with van der Waals surface area (Å²) in [6.45, 7) is 17.2. The third kappa shape index (κ3) is 9.56. The highest BCUT2D eigenvalue weighted by molar-refractivity contribution is 5.97. The van der Waals surface area contributed by atoms with Gasteiger partial charge in [-0.15, -0.1) is 0 Å². The van der Waals surface area contributed by atoms with E-state index in [9.17, 15) is 14.0 Å². The number of fused-ring (bicyclic) bond motifs is 1. The smallest absolute Gasteiger partial charge is 0.410 e. The van der Waals surface area contributed by atoms with Gasteiger partial charge in [0, 0.05) is 88.6 Å². The van der Waals surface area contributed by atoms with Gasteiger partial charge in [-0.05, 0) is 72.2 Å². The quantitative estimate of drug-likeness (QED) is 0.226.